The van der Waals surface area contributed by atoms with E-state index in [-0.39, 0.29) is 17.0 Å². The Balaban J connectivity index is 3.16. The first-order valence-corrected chi connectivity index (χ1v) is 6.82. The lowest BCUT2D eigenvalue weighted by Crippen LogP contribution is -2.25. The molecule has 0 aliphatic heterocycles. The summed E-state index contributed by atoms with van der Waals surface area (Å²) in [6.45, 7) is 4.57. The standard InChI is InChI=1S/C14H20N2O5/c1-4-6-7-15-14(17)10-8-12(20-3)13(21-5-2)9-11(10)16(18)19/h8-9H,4-7H2,1-3H3,(H,15,17). The third-order valence-corrected chi connectivity index (χ3v) is 2.84. The molecule has 0 heterocycles. The molecule has 21 heavy (non-hydrogen) atoms. The molecule has 116 valence electrons. The Morgan fingerprint density at radius 1 is 1.33 bits per heavy atom. The lowest BCUT2D eigenvalue weighted by molar-refractivity contribution is -0.385. The van der Waals surface area contributed by atoms with Crippen molar-refractivity contribution in [3.63, 3.8) is 0 Å². The van der Waals surface area contributed by atoms with Crippen LogP contribution in [0.15, 0.2) is 12.1 Å². The van der Waals surface area contributed by atoms with Gasteiger partial charge in [0.2, 0.25) is 0 Å². The molecule has 1 aromatic carbocycles. The molecule has 0 spiro atoms. The molecule has 7 heteroatoms. The van der Waals surface area contributed by atoms with Crippen LogP contribution in [0.2, 0.25) is 0 Å². The molecule has 0 saturated carbocycles. The topological polar surface area (TPSA) is 90.7 Å². The molecule has 1 N–H and O–H groups in total. The maximum atomic E-state index is 12.1. The maximum absolute atomic E-state index is 12.1. The average molecular weight is 296 g/mol. The first-order valence-electron chi connectivity index (χ1n) is 6.82. The first kappa shape index (κ1) is 16.7. The van der Waals surface area contributed by atoms with Gasteiger partial charge in [-0.15, -0.1) is 0 Å². The maximum Gasteiger partial charge on any atom is 0.286 e. The minimum absolute atomic E-state index is 0.0311. The van der Waals surface area contributed by atoms with Crippen molar-refractivity contribution in [2.45, 2.75) is 26.7 Å². The zero-order chi connectivity index (χ0) is 15.8. The van der Waals surface area contributed by atoms with Crippen LogP contribution in [0.25, 0.3) is 0 Å². The Morgan fingerprint density at radius 2 is 2.05 bits per heavy atom. The summed E-state index contributed by atoms with van der Waals surface area (Å²) in [5, 5.41) is 13.8. The van der Waals surface area contributed by atoms with Crippen LogP contribution in [0.5, 0.6) is 11.5 Å². The van der Waals surface area contributed by atoms with Gasteiger partial charge in [0, 0.05) is 12.6 Å². The Morgan fingerprint density at radius 3 is 2.57 bits per heavy atom. The van der Waals surface area contributed by atoms with Gasteiger partial charge in [-0.3, -0.25) is 14.9 Å². The predicted octanol–water partition coefficient (Wildman–Crippen LogP) is 2.53. The van der Waals surface area contributed by atoms with Gasteiger partial charge in [-0.25, -0.2) is 0 Å². The van der Waals surface area contributed by atoms with Crippen LogP contribution in [-0.2, 0) is 0 Å². The second-order valence-electron chi connectivity index (χ2n) is 4.32. The molecule has 0 aromatic heterocycles. The van der Waals surface area contributed by atoms with Gasteiger partial charge in [0.15, 0.2) is 11.5 Å². The Bertz CT molecular complexity index is 516. The van der Waals surface area contributed by atoms with E-state index < -0.39 is 10.8 Å². The van der Waals surface area contributed by atoms with E-state index >= 15 is 0 Å². The number of nitro benzene ring substituents is 1. The van der Waals surface area contributed by atoms with Crippen LogP contribution >= 0.6 is 0 Å². The number of carbonyl (C=O) groups is 1. The van der Waals surface area contributed by atoms with Gasteiger partial charge in [-0.2, -0.15) is 0 Å². The number of hydrogen-bond acceptors (Lipinski definition) is 5. The number of ether oxygens (including phenoxy) is 2. The summed E-state index contributed by atoms with van der Waals surface area (Å²) in [5.74, 6) is 0.0522. The van der Waals surface area contributed by atoms with Gasteiger partial charge in [0.05, 0.1) is 24.7 Å². The molecule has 1 aromatic rings. The second-order valence-corrected chi connectivity index (χ2v) is 4.32. The van der Waals surface area contributed by atoms with Crippen LogP contribution < -0.4 is 14.8 Å². The predicted molar refractivity (Wildman–Crippen MR) is 78.1 cm³/mol. The van der Waals surface area contributed by atoms with Gasteiger partial charge in [0.25, 0.3) is 11.6 Å². The van der Waals surface area contributed by atoms with Gasteiger partial charge >= 0.3 is 0 Å². The minimum atomic E-state index is -0.601. The van der Waals surface area contributed by atoms with Crippen molar-refractivity contribution in [1.82, 2.24) is 5.32 Å². The Hall–Kier alpha value is -2.31. The fourth-order valence-corrected chi connectivity index (χ4v) is 1.78. The summed E-state index contributed by atoms with van der Waals surface area (Å²) >= 11 is 0. The van der Waals surface area contributed by atoms with E-state index in [2.05, 4.69) is 5.32 Å². The number of benzene rings is 1. The molecule has 0 unspecified atom stereocenters. The molecule has 0 fully saturated rings. The Labute approximate surface area is 123 Å². The van der Waals surface area contributed by atoms with Gasteiger partial charge in [-0.05, 0) is 13.3 Å². The molecule has 7 nitrogen and oxygen atoms in total. The average Bonchev–Trinajstić information content (AvgIpc) is 2.47. The van der Waals surface area contributed by atoms with E-state index in [1.807, 2.05) is 6.92 Å². The van der Waals surface area contributed by atoms with Gasteiger partial charge < -0.3 is 14.8 Å². The molecule has 0 aliphatic carbocycles. The van der Waals surface area contributed by atoms with Crippen molar-refractivity contribution in [3.8, 4) is 11.5 Å². The van der Waals surface area contributed by atoms with E-state index in [0.29, 0.717) is 18.9 Å². The van der Waals surface area contributed by atoms with Gasteiger partial charge in [0.1, 0.15) is 5.56 Å². The number of methoxy groups -OCH3 is 1. The lowest BCUT2D eigenvalue weighted by Gasteiger charge is -2.11. The van der Waals surface area contributed by atoms with Crippen molar-refractivity contribution >= 4 is 11.6 Å². The Kier molecular flexibility index (Phi) is 6.45. The number of carbonyl (C=O) groups excluding carboxylic acids is 1. The molecule has 0 saturated heterocycles. The van der Waals surface area contributed by atoms with E-state index in [1.54, 1.807) is 6.92 Å². The third kappa shape index (κ3) is 4.34. The van der Waals surface area contributed by atoms with Crippen LogP contribution in [0.1, 0.15) is 37.0 Å². The largest absolute Gasteiger partial charge is 0.493 e. The summed E-state index contributed by atoms with van der Waals surface area (Å²) in [7, 11) is 1.42. The van der Waals surface area contributed by atoms with Crippen LogP contribution in [0.4, 0.5) is 5.69 Å². The van der Waals surface area contributed by atoms with Crippen molar-refractivity contribution in [2.75, 3.05) is 20.3 Å². The molecule has 1 amide bonds. The monoisotopic (exact) mass is 296 g/mol. The molecular weight excluding hydrogens is 276 g/mol. The SMILES string of the molecule is CCCCNC(=O)c1cc(OC)c(OCC)cc1[N+](=O)[O-]. The van der Waals surface area contributed by atoms with Crippen LogP contribution in [-0.4, -0.2) is 31.1 Å². The summed E-state index contributed by atoms with van der Waals surface area (Å²) in [5.41, 5.74) is -0.329. The van der Waals surface area contributed by atoms with E-state index in [4.69, 9.17) is 9.47 Å². The molecule has 0 bridgehead atoms. The highest BCUT2D eigenvalue weighted by Gasteiger charge is 2.24. The minimum Gasteiger partial charge on any atom is -0.493 e. The van der Waals surface area contributed by atoms with E-state index in [1.165, 1.54) is 19.2 Å². The normalized spacial score (nSPS) is 10.0. The second kappa shape index (κ2) is 8.08. The van der Waals surface area contributed by atoms with E-state index in [9.17, 15) is 14.9 Å². The quantitative estimate of drug-likeness (QED) is 0.452. The molecule has 0 atom stereocenters. The fourth-order valence-electron chi connectivity index (χ4n) is 1.78. The number of nitrogens with one attached hydrogen (secondary N) is 1. The number of nitro groups is 1. The highest BCUT2D eigenvalue weighted by atomic mass is 16.6. The van der Waals surface area contributed by atoms with Crippen molar-refractivity contribution in [1.29, 1.82) is 0 Å². The van der Waals surface area contributed by atoms with Crippen molar-refractivity contribution in [3.05, 3.63) is 27.8 Å². The summed E-state index contributed by atoms with van der Waals surface area (Å²) < 4.78 is 10.4. The molecule has 0 radical (unpaired) electrons. The van der Waals surface area contributed by atoms with Crippen molar-refractivity contribution < 1.29 is 19.2 Å². The third-order valence-electron chi connectivity index (χ3n) is 2.84. The zero-order valence-electron chi connectivity index (χ0n) is 12.5. The van der Waals surface area contributed by atoms with Crippen molar-refractivity contribution in [2.24, 2.45) is 0 Å². The summed E-state index contributed by atoms with van der Waals surface area (Å²) in [6.07, 6.45) is 1.74. The fraction of sp³-hybridized carbons (Fsp3) is 0.500. The van der Waals surface area contributed by atoms with Crippen LogP contribution in [0.3, 0.4) is 0 Å². The smallest absolute Gasteiger partial charge is 0.286 e. The highest BCUT2D eigenvalue weighted by Crippen LogP contribution is 2.34. The summed E-state index contributed by atoms with van der Waals surface area (Å²) in [6, 6.07) is 2.56. The first-order chi connectivity index (χ1) is 10.0. The summed E-state index contributed by atoms with van der Waals surface area (Å²) in [4.78, 5) is 22.6. The number of nitrogens with zero attached hydrogens (tertiary/aromatic N) is 1. The zero-order valence-corrected chi connectivity index (χ0v) is 12.5. The van der Waals surface area contributed by atoms with E-state index in [0.717, 1.165) is 12.8 Å². The lowest BCUT2D eigenvalue weighted by atomic mass is 10.1. The number of hydrogen-bond donors (Lipinski definition) is 1. The molecule has 1 rings (SSSR count). The number of rotatable bonds is 8. The van der Waals surface area contributed by atoms with Crippen LogP contribution in [0, 0.1) is 10.1 Å². The number of amides is 1. The highest BCUT2D eigenvalue weighted by molar-refractivity contribution is 5.99. The number of unbranched alkanes of at least 4 members (excludes halogenated alkanes) is 1. The van der Waals surface area contributed by atoms with Gasteiger partial charge in [-0.1, -0.05) is 13.3 Å². The molecule has 0 aliphatic rings. The molecular formula is C14H20N2O5.